The van der Waals surface area contributed by atoms with Crippen LogP contribution in [0.5, 0.6) is 0 Å². The Morgan fingerprint density at radius 3 is 2.33 bits per heavy atom. The van der Waals surface area contributed by atoms with Crippen LogP contribution >= 0.6 is 11.6 Å². The summed E-state index contributed by atoms with van der Waals surface area (Å²) in [6.07, 6.45) is 1.10. The monoisotopic (exact) mass is 409 g/mol. The molecule has 27 heavy (non-hydrogen) atoms. The van der Waals surface area contributed by atoms with Crippen molar-refractivity contribution < 1.29 is 17.9 Å². The van der Waals surface area contributed by atoms with Crippen LogP contribution in [0.3, 0.4) is 0 Å². The highest BCUT2D eigenvalue weighted by atomic mass is 35.5. The second-order valence-electron chi connectivity index (χ2n) is 7.04. The van der Waals surface area contributed by atoms with Crippen LogP contribution in [0.15, 0.2) is 53.4 Å². The van der Waals surface area contributed by atoms with Gasteiger partial charge in [0.2, 0.25) is 0 Å². The van der Waals surface area contributed by atoms with Gasteiger partial charge in [0.1, 0.15) is 0 Å². The Morgan fingerprint density at radius 1 is 1.15 bits per heavy atom. The zero-order valence-corrected chi connectivity index (χ0v) is 17.5. The van der Waals surface area contributed by atoms with Gasteiger partial charge >= 0.3 is 0 Å². The molecule has 7 heteroatoms. The third kappa shape index (κ3) is 5.31. The van der Waals surface area contributed by atoms with E-state index in [2.05, 4.69) is 0 Å². The molecule has 2 rings (SSSR count). The molecule has 0 radical (unpaired) electrons. The molecule has 2 aromatic rings. The van der Waals surface area contributed by atoms with Gasteiger partial charge in [-0.2, -0.15) is 0 Å². The molecule has 0 fully saturated rings. The number of nitrogens with zero attached hydrogens (tertiary/aromatic N) is 1. The van der Waals surface area contributed by atoms with Gasteiger partial charge in [-0.1, -0.05) is 41.9 Å². The largest absolute Gasteiger partial charge is 0.382 e. The van der Waals surface area contributed by atoms with Gasteiger partial charge in [0.25, 0.3) is 5.91 Å². The smallest absolute Gasteiger partial charge is 0.256 e. The van der Waals surface area contributed by atoms with Crippen molar-refractivity contribution in [1.82, 2.24) is 4.90 Å². The molecule has 2 aromatic carbocycles. The van der Waals surface area contributed by atoms with Crippen molar-refractivity contribution in [3.05, 3.63) is 64.7 Å². The molecular formula is C20H24ClNO4S. The number of hydrogen-bond donors (Lipinski definition) is 0. The van der Waals surface area contributed by atoms with E-state index in [4.69, 9.17) is 16.3 Å². The Labute approximate surface area is 165 Å². The number of carbonyl (C=O) groups is 1. The summed E-state index contributed by atoms with van der Waals surface area (Å²) >= 11 is 6.24. The zero-order valence-electron chi connectivity index (χ0n) is 15.9. The van der Waals surface area contributed by atoms with Gasteiger partial charge in [-0.3, -0.25) is 4.79 Å². The zero-order chi connectivity index (χ0) is 20.2. The predicted molar refractivity (Wildman–Crippen MR) is 107 cm³/mol. The second-order valence-corrected chi connectivity index (χ2v) is 9.46. The van der Waals surface area contributed by atoms with Crippen LogP contribution in [0.4, 0.5) is 0 Å². The molecule has 0 aromatic heterocycles. The van der Waals surface area contributed by atoms with Gasteiger partial charge in [-0.15, -0.1) is 0 Å². The quantitative estimate of drug-likeness (QED) is 0.697. The molecule has 0 aliphatic carbocycles. The fourth-order valence-electron chi connectivity index (χ4n) is 2.80. The van der Waals surface area contributed by atoms with Crippen LogP contribution in [0, 0.1) is 0 Å². The van der Waals surface area contributed by atoms with E-state index in [9.17, 15) is 13.2 Å². The van der Waals surface area contributed by atoms with E-state index in [1.54, 1.807) is 12.0 Å². The first-order valence-corrected chi connectivity index (χ1v) is 10.7. The van der Waals surface area contributed by atoms with Crippen molar-refractivity contribution in [3.8, 4) is 0 Å². The molecular weight excluding hydrogens is 386 g/mol. The van der Waals surface area contributed by atoms with Crippen molar-refractivity contribution in [1.29, 1.82) is 0 Å². The second kappa shape index (κ2) is 8.42. The third-order valence-electron chi connectivity index (χ3n) is 4.25. The molecule has 0 heterocycles. The Bertz CT molecular complexity index is 911. The van der Waals surface area contributed by atoms with Gasteiger partial charge in [0.15, 0.2) is 9.84 Å². The van der Waals surface area contributed by atoms with Crippen molar-refractivity contribution in [3.63, 3.8) is 0 Å². The summed E-state index contributed by atoms with van der Waals surface area (Å²) in [5.74, 6) is -0.351. The van der Waals surface area contributed by atoms with E-state index in [1.807, 2.05) is 44.2 Å². The Hall–Kier alpha value is -1.89. The molecule has 0 saturated heterocycles. The van der Waals surface area contributed by atoms with Crippen molar-refractivity contribution in [2.45, 2.75) is 30.8 Å². The molecule has 0 spiro atoms. The standard InChI is InChI=1S/C20H24ClNO4S/c1-20(2,14-26-3)22(13-15-8-6-5-7-9-15)19(23)17-12-16(27(4,24)25)10-11-18(17)21/h5-12H,13-14H2,1-4H3. The molecule has 0 aliphatic rings. The van der Waals surface area contributed by atoms with E-state index in [0.717, 1.165) is 11.8 Å². The van der Waals surface area contributed by atoms with Crippen LogP contribution in [0.25, 0.3) is 0 Å². The minimum atomic E-state index is -3.46. The van der Waals surface area contributed by atoms with Crippen molar-refractivity contribution in [2.24, 2.45) is 0 Å². The van der Waals surface area contributed by atoms with Gasteiger partial charge in [0, 0.05) is 19.9 Å². The topological polar surface area (TPSA) is 63.7 Å². The van der Waals surface area contributed by atoms with Crippen molar-refractivity contribution >= 4 is 27.3 Å². The highest BCUT2D eigenvalue weighted by Gasteiger charge is 2.33. The van der Waals surface area contributed by atoms with Crippen LogP contribution in [-0.2, 0) is 21.1 Å². The van der Waals surface area contributed by atoms with Gasteiger partial charge < -0.3 is 9.64 Å². The predicted octanol–water partition coefficient (Wildman–Crippen LogP) is 3.81. The van der Waals surface area contributed by atoms with Crippen LogP contribution in [0.1, 0.15) is 29.8 Å². The maximum Gasteiger partial charge on any atom is 0.256 e. The summed E-state index contributed by atoms with van der Waals surface area (Å²) < 4.78 is 29.1. The lowest BCUT2D eigenvalue weighted by Gasteiger charge is -2.38. The van der Waals surface area contributed by atoms with Gasteiger partial charge in [-0.05, 0) is 37.6 Å². The highest BCUT2D eigenvalue weighted by molar-refractivity contribution is 7.90. The van der Waals surface area contributed by atoms with Crippen LogP contribution in [0.2, 0.25) is 5.02 Å². The Morgan fingerprint density at radius 2 is 1.78 bits per heavy atom. The van der Waals surface area contributed by atoms with Crippen molar-refractivity contribution in [2.75, 3.05) is 20.0 Å². The number of halogens is 1. The lowest BCUT2D eigenvalue weighted by molar-refractivity contribution is 0.0230. The molecule has 0 atom stereocenters. The molecule has 0 unspecified atom stereocenters. The molecule has 1 amide bonds. The summed E-state index contributed by atoms with van der Waals surface area (Å²) in [5, 5.41) is 0.207. The first-order chi connectivity index (χ1) is 12.6. The summed E-state index contributed by atoms with van der Waals surface area (Å²) in [4.78, 5) is 15.1. The molecule has 0 saturated carbocycles. The van der Waals surface area contributed by atoms with E-state index in [-0.39, 0.29) is 21.4 Å². The summed E-state index contributed by atoms with van der Waals surface area (Å²) in [6.45, 7) is 4.45. The van der Waals surface area contributed by atoms with Gasteiger partial charge in [-0.25, -0.2) is 8.42 Å². The summed E-state index contributed by atoms with van der Waals surface area (Å²) in [7, 11) is -1.89. The SMILES string of the molecule is COCC(C)(C)N(Cc1ccccc1)C(=O)c1cc(S(C)(=O)=O)ccc1Cl. The molecule has 146 valence electrons. The van der Waals surface area contributed by atoms with E-state index in [1.165, 1.54) is 18.2 Å². The number of ether oxygens (including phenoxy) is 1. The minimum absolute atomic E-state index is 0.0551. The van der Waals surface area contributed by atoms with Gasteiger partial charge in [0.05, 0.1) is 27.6 Å². The van der Waals surface area contributed by atoms with Crippen LogP contribution < -0.4 is 0 Å². The minimum Gasteiger partial charge on any atom is -0.382 e. The molecule has 0 N–H and O–H groups in total. The fraction of sp³-hybridized carbons (Fsp3) is 0.350. The fourth-order valence-corrected chi connectivity index (χ4v) is 3.65. The number of amides is 1. The number of rotatable bonds is 7. The lowest BCUT2D eigenvalue weighted by Crippen LogP contribution is -2.50. The van der Waals surface area contributed by atoms with Crippen LogP contribution in [-0.4, -0.2) is 44.7 Å². The number of carbonyl (C=O) groups excluding carboxylic acids is 1. The first-order valence-electron chi connectivity index (χ1n) is 8.41. The third-order valence-corrected chi connectivity index (χ3v) is 5.69. The number of benzene rings is 2. The van der Waals surface area contributed by atoms with E-state index in [0.29, 0.717) is 13.2 Å². The Balaban J connectivity index is 2.51. The molecule has 5 nitrogen and oxygen atoms in total. The summed E-state index contributed by atoms with van der Waals surface area (Å²) in [6, 6.07) is 13.7. The number of methoxy groups -OCH3 is 1. The van der Waals surface area contributed by atoms with E-state index < -0.39 is 15.4 Å². The maximum absolute atomic E-state index is 13.4. The average Bonchev–Trinajstić information content (AvgIpc) is 2.59. The van der Waals surface area contributed by atoms with E-state index >= 15 is 0 Å². The molecule has 0 aliphatic heterocycles. The normalized spacial score (nSPS) is 12.0. The Kier molecular flexibility index (Phi) is 6.68. The molecule has 0 bridgehead atoms. The number of sulfone groups is 1. The highest BCUT2D eigenvalue weighted by Crippen LogP contribution is 2.27. The lowest BCUT2D eigenvalue weighted by atomic mass is 10.0. The summed E-state index contributed by atoms with van der Waals surface area (Å²) in [5.41, 5.74) is 0.469. The maximum atomic E-state index is 13.4. The average molecular weight is 410 g/mol. The first kappa shape index (κ1) is 21.4. The number of hydrogen-bond acceptors (Lipinski definition) is 4.